The molecule has 1 aromatic carbocycles. The Morgan fingerprint density at radius 1 is 1.22 bits per heavy atom. The SMILES string of the molecule is CC(=O)c1cccc(NC(=O)CCS(=O)(=O)c2ccc(Br)s2)c1. The minimum Gasteiger partial charge on any atom is -0.326 e. The highest BCUT2D eigenvalue weighted by atomic mass is 79.9. The van der Waals surface area contributed by atoms with Crippen molar-refractivity contribution in [1.82, 2.24) is 0 Å². The lowest BCUT2D eigenvalue weighted by molar-refractivity contribution is -0.115. The number of anilines is 1. The molecular weight excluding hydrogens is 402 g/mol. The van der Waals surface area contributed by atoms with Crippen molar-refractivity contribution in [3.05, 3.63) is 45.7 Å². The number of hydrogen-bond acceptors (Lipinski definition) is 5. The molecular formula is C15H14BrNO4S2. The van der Waals surface area contributed by atoms with Crippen molar-refractivity contribution in [1.29, 1.82) is 0 Å². The van der Waals surface area contributed by atoms with Gasteiger partial charge in [0.1, 0.15) is 4.21 Å². The maximum Gasteiger partial charge on any atom is 0.225 e. The molecule has 0 fully saturated rings. The van der Waals surface area contributed by atoms with Crippen molar-refractivity contribution < 1.29 is 18.0 Å². The van der Waals surface area contributed by atoms with Gasteiger partial charge in [0, 0.05) is 17.7 Å². The number of halogens is 1. The van der Waals surface area contributed by atoms with Crippen LogP contribution in [0.4, 0.5) is 5.69 Å². The summed E-state index contributed by atoms with van der Waals surface area (Å²) in [6.07, 6.45) is -0.151. The van der Waals surface area contributed by atoms with Gasteiger partial charge in [-0.25, -0.2) is 8.42 Å². The van der Waals surface area contributed by atoms with Gasteiger partial charge in [0.05, 0.1) is 9.54 Å². The largest absolute Gasteiger partial charge is 0.326 e. The molecule has 0 atom stereocenters. The molecule has 1 aromatic heterocycles. The Balaban J connectivity index is 1.98. The van der Waals surface area contributed by atoms with Crippen molar-refractivity contribution in [3.8, 4) is 0 Å². The van der Waals surface area contributed by atoms with Gasteiger partial charge in [0.2, 0.25) is 5.91 Å². The minimum atomic E-state index is -3.47. The predicted molar refractivity (Wildman–Crippen MR) is 93.8 cm³/mol. The molecule has 1 heterocycles. The molecule has 23 heavy (non-hydrogen) atoms. The van der Waals surface area contributed by atoms with Crippen LogP contribution in [-0.4, -0.2) is 25.9 Å². The monoisotopic (exact) mass is 415 g/mol. The summed E-state index contributed by atoms with van der Waals surface area (Å²) in [6, 6.07) is 9.69. The summed E-state index contributed by atoms with van der Waals surface area (Å²) in [6.45, 7) is 1.44. The van der Waals surface area contributed by atoms with E-state index in [1.165, 1.54) is 13.0 Å². The quantitative estimate of drug-likeness (QED) is 0.731. The molecule has 0 saturated carbocycles. The van der Waals surface area contributed by atoms with Gasteiger partial charge in [-0.2, -0.15) is 0 Å². The third-order valence-corrected chi connectivity index (χ3v) is 6.93. The molecule has 1 N–H and O–H groups in total. The maximum atomic E-state index is 12.1. The molecule has 0 spiro atoms. The maximum absolute atomic E-state index is 12.1. The Morgan fingerprint density at radius 2 is 1.96 bits per heavy atom. The van der Waals surface area contributed by atoms with Gasteiger partial charge < -0.3 is 5.32 Å². The first-order valence-corrected chi connectivity index (χ1v) is 9.93. The zero-order valence-electron chi connectivity index (χ0n) is 12.2. The fourth-order valence-electron chi connectivity index (χ4n) is 1.83. The van der Waals surface area contributed by atoms with Crippen LogP contribution < -0.4 is 5.32 Å². The van der Waals surface area contributed by atoms with Crippen molar-refractivity contribution in [2.45, 2.75) is 17.6 Å². The molecule has 0 aliphatic carbocycles. The number of carbonyl (C=O) groups excluding carboxylic acids is 2. The molecule has 1 amide bonds. The lowest BCUT2D eigenvalue weighted by Crippen LogP contribution is -2.17. The van der Waals surface area contributed by atoms with Crippen LogP contribution in [0.15, 0.2) is 44.4 Å². The Kier molecular flexibility index (Phi) is 5.72. The van der Waals surface area contributed by atoms with E-state index >= 15 is 0 Å². The first kappa shape index (κ1) is 17.8. The predicted octanol–water partition coefficient (Wildman–Crippen LogP) is 3.52. The van der Waals surface area contributed by atoms with Crippen LogP contribution in [0.1, 0.15) is 23.7 Å². The van der Waals surface area contributed by atoms with Crippen LogP contribution in [-0.2, 0) is 14.6 Å². The number of amides is 1. The standard InChI is InChI=1S/C15H14BrNO4S2/c1-10(18)11-3-2-4-12(9-11)17-14(19)7-8-23(20,21)15-6-5-13(16)22-15/h2-6,9H,7-8H2,1H3,(H,17,19). The molecule has 0 bridgehead atoms. The number of hydrogen-bond donors (Lipinski definition) is 1. The number of rotatable bonds is 6. The molecule has 122 valence electrons. The highest BCUT2D eigenvalue weighted by molar-refractivity contribution is 9.11. The summed E-state index contributed by atoms with van der Waals surface area (Å²) in [5, 5.41) is 2.60. The average molecular weight is 416 g/mol. The number of sulfone groups is 1. The van der Waals surface area contributed by atoms with E-state index < -0.39 is 15.7 Å². The third kappa shape index (κ3) is 4.98. The number of thiophene rings is 1. The first-order chi connectivity index (χ1) is 10.8. The van der Waals surface area contributed by atoms with E-state index in [0.29, 0.717) is 11.3 Å². The molecule has 2 rings (SSSR count). The second-order valence-corrected chi connectivity index (χ2v) is 9.61. The number of ketones is 1. The summed E-state index contributed by atoms with van der Waals surface area (Å²) in [5.41, 5.74) is 0.956. The lowest BCUT2D eigenvalue weighted by atomic mass is 10.1. The summed E-state index contributed by atoms with van der Waals surface area (Å²) in [7, 11) is -3.47. The summed E-state index contributed by atoms with van der Waals surface area (Å²) in [4.78, 5) is 23.2. The zero-order valence-corrected chi connectivity index (χ0v) is 15.4. The van der Waals surface area contributed by atoms with Crippen molar-refractivity contribution >= 4 is 54.5 Å². The summed E-state index contributed by atoms with van der Waals surface area (Å²) >= 11 is 4.33. The minimum absolute atomic E-state index is 0.105. The highest BCUT2D eigenvalue weighted by Crippen LogP contribution is 2.27. The van der Waals surface area contributed by atoms with Gasteiger partial charge in [0.25, 0.3) is 0 Å². The van der Waals surface area contributed by atoms with E-state index in [4.69, 9.17) is 0 Å². The smallest absolute Gasteiger partial charge is 0.225 e. The Labute approximate surface area is 146 Å². The van der Waals surface area contributed by atoms with Gasteiger partial charge in [-0.15, -0.1) is 11.3 Å². The van der Waals surface area contributed by atoms with Gasteiger partial charge in [-0.05, 0) is 47.1 Å². The first-order valence-electron chi connectivity index (χ1n) is 6.67. The van der Waals surface area contributed by atoms with E-state index in [2.05, 4.69) is 21.2 Å². The van der Waals surface area contributed by atoms with Gasteiger partial charge in [-0.1, -0.05) is 12.1 Å². The molecule has 0 radical (unpaired) electrons. The molecule has 8 heteroatoms. The van der Waals surface area contributed by atoms with Crippen LogP contribution in [0.2, 0.25) is 0 Å². The Morgan fingerprint density at radius 3 is 2.57 bits per heavy atom. The number of nitrogens with one attached hydrogen (secondary N) is 1. The van der Waals surface area contributed by atoms with Crippen LogP contribution >= 0.6 is 27.3 Å². The fraction of sp³-hybridized carbons (Fsp3) is 0.200. The number of Topliss-reactive ketones (excluding diaryl/α,β-unsaturated/α-hetero) is 1. The van der Waals surface area contributed by atoms with E-state index in [1.807, 2.05) is 0 Å². The highest BCUT2D eigenvalue weighted by Gasteiger charge is 2.18. The second-order valence-electron chi connectivity index (χ2n) is 4.81. The third-order valence-electron chi connectivity index (χ3n) is 3.01. The zero-order chi connectivity index (χ0) is 17.0. The second kappa shape index (κ2) is 7.37. The van der Waals surface area contributed by atoms with Crippen LogP contribution in [0.5, 0.6) is 0 Å². The van der Waals surface area contributed by atoms with E-state index in [0.717, 1.165) is 15.1 Å². The van der Waals surface area contributed by atoms with Crippen LogP contribution in [0, 0.1) is 0 Å². The number of carbonyl (C=O) groups is 2. The van der Waals surface area contributed by atoms with E-state index in [9.17, 15) is 18.0 Å². The molecule has 0 aliphatic heterocycles. The average Bonchev–Trinajstić information content (AvgIpc) is 2.93. The van der Waals surface area contributed by atoms with Crippen molar-refractivity contribution in [2.24, 2.45) is 0 Å². The topological polar surface area (TPSA) is 80.3 Å². The fourth-order valence-corrected chi connectivity index (χ4v) is 5.23. The lowest BCUT2D eigenvalue weighted by Gasteiger charge is -2.06. The molecule has 0 unspecified atom stereocenters. The van der Waals surface area contributed by atoms with Crippen molar-refractivity contribution in [2.75, 3.05) is 11.1 Å². The van der Waals surface area contributed by atoms with Crippen LogP contribution in [0.25, 0.3) is 0 Å². The van der Waals surface area contributed by atoms with Gasteiger partial charge >= 0.3 is 0 Å². The normalized spacial score (nSPS) is 11.2. The Bertz CT molecular complexity index is 843. The van der Waals surface area contributed by atoms with Crippen LogP contribution in [0.3, 0.4) is 0 Å². The van der Waals surface area contributed by atoms with E-state index in [-0.39, 0.29) is 22.2 Å². The molecule has 5 nitrogen and oxygen atoms in total. The molecule has 0 aliphatic rings. The summed E-state index contributed by atoms with van der Waals surface area (Å²) < 4.78 is 25.2. The summed E-state index contributed by atoms with van der Waals surface area (Å²) in [5.74, 6) is -0.782. The van der Waals surface area contributed by atoms with Gasteiger partial charge in [0.15, 0.2) is 15.6 Å². The number of benzene rings is 1. The van der Waals surface area contributed by atoms with Crippen molar-refractivity contribution in [3.63, 3.8) is 0 Å². The molecule has 2 aromatic rings. The van der Waals surface area contributed by atoms with Gasteiger partial charge in [-0.3, -0.25) is 9.59 Å². The Hall–Kier alpha value is -1.51. The molecule has 0 saturated heterocycles. The van der Waals surface area contributed by atoms with E-state index in [1.54, 1.807) is 30.3 Å².